The van der Waals surface area contributed by atoms with Gasteiger partial charge in [-0.05, 0) is 62.7 Å². The highest BCUT2D eigenvalue weighted by molar-refractivity contribution is 5.21. The van der Waals surface area contributed by atoms with Crippen LogP contribution in [0.15, 0.2) is 40.9 Å². The van der Waals surface area contributed by atoms with Crippen molar-refractivity contribution >= 4 is 0 Å². The molecular weight excluding hydrogens is 322 g/mol. The van der Waals surface area contributed by atoms with Gasteiger partial charge in [-0.2, -0.15) is 0 Å². The summed E-state index contributed by atoms with van der Waals surface area (Å²) in [6.07, 6.45) is 3.92. The van der Waals surface area contributed by atoms with Gasteiger partial charge in [0, 0.05) is 19.2 Å². The lowest BCUT2D eigenvalue weighted by Crippen LogP contribution is -2.51. The maximum absolute atomic E-state index is 5.41. The topological polar surface area (TPSA) is 32.5 Å². The highest BCUT2D eigenvalue weighted by Crippen LogP contribution is 2.45. The van der Waals surface area contributed by atoms with E-state index in [1.54, 1.807) is 0 Å². The van der Waals surface area contributed by atoms with Crippen LogP contribution >= 0.6 is 0 Å². The lowest BCUT2D eigenvalue weighted by Gasteiger charge is -2.50. The number of hydrogen-bond acceptors (Lipinski definition) is 4. The van der Waals surface area contributed by atoms with E-state index in [-0.39, 0.29) is 0 Å². The quantitative estimate of drug-likeness (QED) is 0.829. The minimum Gasteiger partial charge on any atom is -0.360 e. The zero-order valence-electron chi connectivity index (χ0n) is 16.2. The van der Waals surface area contributed by atoms with Gasteiger partial charge >= 0.3 is 0 Å². The molecule has 2 aromatic rings. The van der Waals surface area contributed by atoms with Crippen molar-refractivity contribution < 1.29 is 4.52 Å². The van der Waals surface area contributed by atoms with E-state index in [1.807, 2.05) is 6.92 Å². The third-order valence-electron chi connectivity index (χ3n) is 6.41. The molecule has 1 aromatic carbocycles. The average molecular weight is 354 g/mol. The molecule has 4 rings (SSSR count). The van der Waals surface area contributed by atoms with Gasteiger partial charge in [0.25, 0.3) is 0 Å². The second kappa shape index (κ2) is 7.53. The van der Waals surface area contributed by atoms with Crippen molar-refractivity contribution in [3.05, 3.63) is 53.4 Å². The first-order valence-corrected chi connectivity index (χ1v) is 10.1. The summed E-state index contributed by atoms with van der Waals surface area (Å²) >= 11 is 0. The number of nitrogens with zero attached hydrogens (tertiary/aromatic N) is 3. The number of aryl methyl sites for hydroxylation is 1. The Morgan fingerprint density at radius 2 is 1.92 bits per heavy atom. The first kappa shape index (κ1) is 17.7. The van der Waals surface area contributed by atoms with Crippen LogP contribution in [0.3, 0.4) is 0 Å². The lowest BCUT2D eigenvalue weighted by molar-refractivity contribution is 0.0118. The zero-order chi connectivity index (χ0) is 18.0. The van der Waals surface area contributed by atoms with E-state index in [2.05, 4.69) is 58.3 Å². The molecule has 0 bridgehead atoms. The van der Waals surface area contributed by atoms with Crippen LogP contribution < -0.4 is 0 Å². The molecule has 1 spiro atoms. The number of likely N-dealkylation sites (tertiary alicyclic amines) is 2. The Hall–Kier alpha value is -1.65. The van der Waals surface area contributed by atoms with Gasteiger partial charge in [0.15, 0.2) is 5.76 Å². The van der Waals surface area contributed by atoms with Crippen LogP contribution in [0, 0.1) is 12.3 Å². The van der Waals surface area contributed by atoms with Crippen molar-refractivity contribution in [3.63, 3.8) is 0 Å². The second-order valence-electron chi connectivity index (χ2n) is 8.35. The Morgan fingerprint density at radius 1 is 1.15 bits per heavy atom. The van der Waals surface area contributed by atoms with Crippen LogP contribution in [0.25, 0.3) is 0 Å². The van der Waals surface area contributed by atoms with E-state index < -0.39 is 0 Å². The Balaban J connectivity index is 1.42. The number of piperidine rings is 2. The Morgan fingerprint density at radius 3 is 2.58 bits per heavy atom. The van der Waals surface area contributed by atoms with Gasteiger partial charge in [0.1, 0.15) is 0 Å². The van der Waals surface area contributed by atoms with Crippen molar-refractivity contribution in [2.24, 2.45) is 5.41 Å². The Labute approximate surface area is 157 Å². The van der Waals surface area contributed by atoms with E-state index in [1.165, 1.54) is 51.0 Å². The van der Waals surface area contributed by atoms with Gasteiger partial charge in [-0.15, -0.1) is 0 Å². The highest BCUT2D eigenvalue weighted by atomic mass is 16.5. The molecule has 0 amide bonds. The lowest BCUT2D eigenvalue weighted by atomic mass is 9.68. The van der Waals surface area contributed by atoms with Crippen LogP contribution in [0.5, 0.6) is 0 Å². The first-order chi connectivity index (χ1) is 12.7. The van der Waals surface area contributed by atoms with Crippen LogP contribution in [-0.2, 0) is 6.54 Å². The molecule has 140 valence electrons. The average Bonchev–Trinajstić information content (AvgIpc) is 3.09. The summed E-state index contributed by atoms with van der Waals surface area (Å²) in [6, 6.07) is 13.2. The van der Waals surface area contributed by atoms with Gasteiger partial charge in [-0.25, -0.2) is 0 Å². The predicted molar refractivity (Wildman–Crippen MR) is 104 cm³/mol. The van der Waals surface area contributed by atoms with Crippen LogP contribution in [-0.4, -0.2) is 47.7 Å². The standard InChI is InChI=1S/C22H31N3O/c1-3-24-15-20(19-7-5-4-6-8-19)14-22(17-24)9-11-25(12-10-22)16-21-13-18(2)23-26-21/h4-8,13,20H,3,9-12,14-17H2,1-2H3/t20-/m1/s1. The first-order valence-electron chi connectivity index (χ1n) is 10.1. The molecule has 0 aliphatic carbocycles. The molecule has 2 aliphatic rings. The van der Waals surface area contributed by atoms with Crippen LogP contribution in [0.1, 0.15) is 49.1 Å². The Kier molecular flexibility index (Phi) is 5.14. The normalized spacial score (nSPS) is 24.2. The van der Waals surface area contributed by atoms with E-state index in [0.717, 1.165) is 24.5 Å². The van der Waals surface area contributed by atoms with E-state index >= 15 is 0 Å². The molecule has 0 N–H and O–H groups in total. The smallest absolute Gasteiger partial charge is 0.150 e. The number of rotatable bonds is 4. The van der Waals surface area contributed by atoms with E-state index in [9.17, 15) is 0 Å². The zero-order valence-corrected chi connectivity index (χ0v) is 16.2. The fraction of sp³-hybridized carbons (Fsp3) is 0.591. The monoisotopic (exact) mass is 353 g/mol. The van der Waals surface area contributed by atoms with Crippen molar-refractivity contribution in [3.8, 4) is 0 Å². The number of benzene rings is 1. The maximum Gasteiger partial charge on any atom is 0.150 e. The minimum absolute atomic E-state index is 0.475. The predicted octanol–water partition coefficient (Wildman–Crippen LogP) is 4.07. The molecule has 1 aromatic heterocycles. The molecular formula is C22H31N3O. The molecule has 3 heterocycles. The summed E-state index contributed by atoms with van der Waals surface area (Å²) in [6.45, 7) is 11.2. The van der Waals surface area contributed by atoms with Gasteiger partial charge < -0.3 is 9.42 Å². The van der Waals surface area contributed by atoms with Crippen molar-refractivity contribution in [1.82, 2.24) is 15.0 Å². The van der Waals surface area contributed by atoms with Gasteiger partial charge in [-0.1, -0.05) is 42.4 Å². The van der Waals surface area contributed by atoms with Crippen LogP contribution in [0.2, 0.25) is 0 Å². The molecule has 4 heteroatoms. The summed E-state index contributed by atoms with van der Waals surface area (Å²) in [4.78, 5) is 5.21. The molecule has 2 saturated heterocycles. The fourth-order valence-electron chi connectivity index (χ4n) is 4.95. The highest BCUT2D eigenvalue weighted by Gasteiger charge is 2.41. The van der Waals surface area contributed by atoms with Gasteiger partial charge in [0.05, 0.1) is 12.2 Å². The van der Waals surface area contributed by atoms with Crippen LogP contribution in [0.4, 0.5) is 0 Å². The molecule has 1 atom stereocenters. The Bertz CT molecular complexity index is 703. The van der Waals surface area contributed by atoms with Crippen molar-refractivity contribution in [1.29, 1.82) is 0 Å². The number of aromatic nitrogens is 1. The maximum atomic E-state index is 5.41. The molecule has 0 unspecified atom stereocenters. The summed E-state index contributed by atoms with van der Waals surface area (Å²) in [5.74, 6) is 1.67. The van der Waals surface area contributed by atoms with E-state index in [4.69, 9.17) is 4.52 Å². The van der Waals surface area contributed by atoms with Gasteiger partial charge in [0.2, 0.25) is 0 Å². The fourth-order valence-corrected chi connectivity index (χ4v) is 4.95. The van der Waals surface area contributed by atoms with Gasteiger partial charge in [-0.3, -0.25) is 4.90 Å². The number of likely N-dealkylation sites (N-methyl/N-ethyl adjacent to an activating group) is 1. The third-order valence-corrected chi connectivity index (χ3v) is 6.41. The van der Waals surface area contributed by atoms with E-state index in [0.29, 0.717) is 11.3 Å². The molecule has 2 aliphatic heterocycles. The minimum atomic E-state index is 0.475. The molecule has 26 heavy (non-hydrogen) atoms. The van der Waals surface area contributed by atoms with Crippen molar-refractivity contribution in [2.75, 3.05) is 32.7 Å². The summed E-state index contributed by atoms with van der Waals surface area (Å²) in [7, 11) is 0. The molecule has 0 radical (unpaired) electrons. The SMILES string of the molecule is CCN1C[C@H](c2ccccc2)CC2(CCN(Cc3cc(C)no3)CC2)C1. The largest absolute Gasteiger partial charge is 0.360 e. The summed E-state index contributed by atoms with van der Waals surface area (Å²) < 4.78 is 5.41. The summed E-state index contributed by atoms with van der Waals surface area (Å²) in [5.41, 5.74) is 2.97. The molecule has 0 saturated carbocycles. The van der Waals surface area contributed by atoms with Crippen molar-refractivity contribution in [2.45, 2.75) is 45.6 Å². The second-order valence-corrected chi connectivity index (χ2v) is 8.35. The number of hydrogen-bond donors (Lipinski definition) is 0. The molecule has 2 fully saturated rings. The summed E-state index contributed by atoms with van der Waals surface area (Å²) in [5, 5.41) is 4.02. The molecule has 4 nitrogen and oxygen atoms in total. The third kappa shape index (κ3) is 3.86.